The molecule has 7 heteroatoms. The van der Waals surface area contributed by atoms with E-state index in [9.17, 15) is 18.0 Å². The minimum absolute atomic E-state index is 0.0628. The summed E-state index contributed by atoms with van der Waals surface area (Å²) in [5.74, 6) is -1.10. The van der Waals surface area contributed by atoms with Crippen molar-refractivity contribution in [3.8, 4) is 0 Å². The smallest absolute Gasteiger partial charge is 0.338 e. The SMILES string of the molecule is CCc1ccc(C(=O)OCC(=O)N[C@@]2(C)CCS(=O)(=O)C2)cc1. The third kappa shape index (κ3) is 4.79. The number of hydrogen-bond donors (Lipinski definition) is 1. The number of carbonyl (C=O) groups is 2. The van der Waals surface area contributed by atoms with E-state index >= 15 is 0 Å². The fourth-order valence-corrected chi connectivity index (χ4v) is 4.67. The second-order valence-electron chi connectivity index (χ2n) is 6.08. The molecule has 1 fully saturated rings. The Hall–Kier alpha value is -1.89. The molecule has 1 aliphatic heterocycles. The van der Waals surface area contributed by atoms with Crippen LogP contribution in [0.25, 0.3) is 0 Å². The molecule has 126 valence electrons. The third-order valence-corrected chi connectivity index (χ3v) is 5.78. The normalized spacial score (nSPS) is 22.5. The fraction of sp³-hybridized carbons (Fsp3) is 0.500. The van der Waals surface area contributed by atoms with E-state index in [2.05, 4.69) is 5.32 Å². The molecule has 1 aliphatic rings. The monoisotopic (exact) mass is 339 g/mol. The molecule has 1 heterocycles. The van der Waals surface area contributed by atoms with E-state index in [-0.39, 0.29) is 11.5 Å². The van der Waals surface area contributed by atoms with Gasteiger partial charge in [0.05, 0.1) is 22.6 Å². The van der Waals surface area contributed by atoms with Gasteiger partial charge in [-0.25, -0.2) is 13.2 Å². The van der Waals surface area contributed by atoms with Gasteiger partial charge in [-0.2, -0.15) is 0 Å². The molecule has 1 saturated heterocycles. The molecule has 0 radical (unpaired) electrons. The van der Waals surface area contributed by atoms with Crippen LogP contribution >= 0.6 is 0 Å². The molecule has 0 unspecified atom stereocenters. The Labute approximate surface area is 136 Å². The number of sulfone groups is 1. The first-order chi connectivity index (χ1) is 10.7. The Morgan fingerprint density at radius 1 is 1.26 bits per heavy atom. The van der Waals surface area contributed by atoms with Crippen molar-refractivity contribution in [1.82, 2.24) is 5.32 Å². The molecule has 0 saturated carbocycles. The quantitative estimate of drug-likeness (QED) is 0.812. The van der Waals surface area contributed by atoms with Crippen LogP contribution in [-0.2, 0) is 25.8 Å². The third-order valence-electron chi connectivity index (χ3n) is 3.88. The lowest BCUT2D eigenvalue weighted by atomic mass is 10.0. The van der Waals surface area contributed by atoms with Gasteiger partial charge in [-0.1, -0.05) is 19.1 Å². The lowest BCUT2D eigenvalue weighted by Crippen LogP contribution is -2.48. The second kappa shape index (κ2) is 6.70. The second-order valence-corrected chi connectivity index (χ2v) is 8.26. The van der Waals surface area contributed by atoms with Gasteiger partial charge in [0.2, 0.25) is 0 Å². The van der Waals surface area contributed by atoms with Crippen LogP contribution in [0.1, 0.15) is 36.2 Å². The molecule has 23 heavy (non-hydrogen) atoms. The number of benzene rings is 1. The van der Waals surface area contributed by atoms with Crippen LogP contribution in [0.2, 0.25) is 0 Å². The Bertz CT molecular complexity index is 696. The maximum absolute atomic E-state index is 11.9. The molecular formula is C16H21NO5S. The van der Waals surface area contributed by atoms with Crippen LogP contribution < -0.4 is 5.32 Å². The average Bonchev–Trinajstić information content (AvgIpc) is 2.78. The van der Waals surface area contributed by atoms with Crippen molar-refractivity contribution in [2.75, 3.05) is 18.1 Å². The van der Waals surface area contributed by atoms with Crippen molar-refractivity contribution in [3.05, 3.63) is 35.4 Å². The first-order valence-corrected chi connectivity index (χ1v) is 9.33. The van der Waals surface area contributed by atoms with Gasteiger partial charge in [0.25, 0.3) is 5.91 Å². The molecule has 1 N–H and O–H groups in total. The summed E-state index contributed by atoms with van der Waals surface area (Å²) in [4.78, 5) is 23.7. The number of aryl methyl sites for hydroxylation is 1. The Balaban J connectivity index is 1.85. The summed E-state index contributed by atoms with van der Waals surface area (Å²) in [6.45, 7) is 3.27. The van der Waals surface area contributed by atoms with E-state index < -0.39 is 33.9 Å². The maximum Gasteiger partial charge on any atom is 0.338 e. The Kier molecular flexibility index (Phi) is 5.09. The predicted octanol–water partition coefficient (Wildman–Crippen LogP) is 1.10. The van der Waals surface area contributed by atoms with Gasteiger partial charge in [0, 0.05) is 0 Å². The zero-order chi connectivity index (χ0) is 17.1. The number of hydrogen-bond acceptors (Lipinski definition) is 5. The van der Waals surface area contributed by atoms with Crippen molar-refractivity contribution in [1.29, 1.82) is 0 Å². The van der Waals surface area contributed by atoms with Crippen LogP contribution in [0.4, 0.5) is 0 Å². The molecular weight excluding hydrogens is 318 g/mol. The molecule has 0 bridgehead atoms. The van der Waals surface area contributed by atoms with Crippen LogP contribution in [0.5, 0.6) is 0 Å². The molecule has 1 atom stereocenters. The first kappa shape index (κ1) is 17.5. The van der Waals surface area contributed by atoms with E-state index in [1.807, 2.05) is 19.1 Å². The van der Waals surface area contributed by atoms with Crippen LogP contribution in [0.15, 0.2) is 24.3 Å². The van der Waals surface area contributed by atoms with E-state index in [0.717, 1.165) is 12.0 Å². The Morgan fingerprint density at radius 3 is 2.43 bits per heavy atom. The van der Waals surface area contributed by atoms with E-state index in [4.69, 9.17) is 4.74 Å². The average molecular weight is 339 g/mol. The summed E-state index contributed by atoms with van der Waals surface area (Å²) >= 11 is 0. The summed E-state index contributed by atoms with van der Waals surface area (Å²) in [7, 11) is -3.10. The van der Waals surface area contributed by atoms with Crippen molar-refractivity contribution in [2.45, 2.75) is 32.2 Å². The highest BCUT2D eigenvalue weighted by Crippen LogP contribution is 2.22. The van der Waals surface area contributed by atoms with E-state index in [1.165, 1.54) is 0 Å². The van der Waals surface area contributed by atoms with Gasteiger partial charge in [0.1, 0.15) is 0 Å². The van der Waals surface area contributed by atoms with Crippen LogP contribution in [-0.4, -0.2) is 43.9 Å². The minimum atomic E-state index is -3.10. The first-order valence-electron chi connectivity index (χ1n) is 7.50. The number of amides is 1. The largest absolute Gasteiger partial charge is 0.452 e. The maximum atomic E-state index is 11.9. The lowest BCUT2D eigenvalue weighted by Gasteiger charge is -2.23. The summed E-state index contributed by atoms with van der Waals surface area (Å²) in [6, 6.07) is 6.98. The van der Waals surface area contributed by atoms with Crippen molar-refractivity contribution < 1.29 is 22.7 Å². The summed E-state index contributed by atoms with van der Waals surface area (Å²) in [5.41, 5.74) is 0.699. The highest BCUT2D eigenvalue weighted by molar-refractivity contribution is 7.91. The van der Waals surface area contributed by atoms with Crippen LogP contribution in [0.3, 0.4) is 0 Å². The molecule has 1 aromatic rings. The molecule has 0 aromatic heterocycles. The summed E-state index contributed by atoms with van der Waals surface area (Å²) in [6.07, 6.45) is 1.24. The predicted molar refractivity (Wildman–Crippen MR) is 85.9 cm³/mol. The number of carbonyl (C=O) groups excluding carboxylic acids is 2. The standard InChI is InChI=1S/C16H21NO5S/c1-3-12-4-6-13(7-5-12)15(19)22-10-14(18)17-16(2)8-9-23(20,21)11-16/h4-7H,3,8-11H2,1-2H3,(H,17,18)/t16-/m0/s1. The van der Waals surface area contributed by atoms with Crippen molar-refractivity contribution in [3.63, 3.8) is 0 Å². The topological polar surface area (TPSA) is 89.5 Å². The fourth-order valence-electron chi connectivity index (χ4n) is 2.57. The van der Waals surface area contributed by atoms with Crippen molar-refractivity contribution >= 4 is 21.7 Å². The zero-order valence-corrected chi connectivity index (χ0v) is 14.1. The lowest BCUT2D eigenvalue weighted by molar-refractivity contribution is -0.125. The minimum Gasteiger partial charge on any atom is -0.452 e. The molecule has 1 aromatic carbocycles. The molecule has 6 nitrogen and oxygen atoms in total. The van der Waals surface area contributed by atoms with Gasteiger partial charge in [-0.05, 0) is 37.5 Å². The summed E-state index contributed by atoms with van der Waals surface area (Å²) in [5, 5.41) is 2.64. The number of ether oxygens (including phenoxy) is 1. The number of nitrogens with one attached hydrogen (secondary N) is 1. The van der Waals surface area contributed by atoms with Gasteiger partial charge < -0.3 is 10.1 Å². The summed E-state index contributed by atoms with van der Waals surface area (Å²) < 4.78 is 28.0. The van der Waals surface area contributed by atoms with Crippen molar-refractivity contribution in [2.24, 2.45) is 0 Å². The molecule has 1 amide bonds. The highest BCUT2D eigenvalue weighted by atomic mass is 32.2. The number of rotatable bonds is 5. The van der Waals surface area contributed by atoms with Gasteiger partial charge in [-0.3, -0.25) is 4.79 Å². The zero-order valence-electron chi connectivity index (χ0n) is 13.3. The highest BCUT2D eigenvalue weighted by Gasteiger charge is 2.39. The molecule has 0 spiro atoms. The van der Waals surface area contributed by atoms with Gasteiger partial charge >= 0.3 is 5.97 Å². The number of esters is 1. The van der Waals surface area contributed by atoms with E-state index in [1.54, 1.807) is 19.1 Å². The van der Waals surface area contributed by atoms with E-state index in [0.29, 0.717) is 12.0 Å². The molecule has 0 aliphatic carbocycles. The molecule has 2 rings (SSSR count). The Morgan fingerprint density at radius 2 is 1.91 bits per heavy atom. The van der Waals surface area contributed by atoms with Gasteiger partial charge in [0.15, 0.2) is 16.4 Å². The van der Waals surface area contributed by atoms with Crippen LogP contribution in [0, 0.1) is 0 Å². The van der Waals surface area contributed by atoms with Gasteiger partial charge in [-0.15, -0.1) is 0 Å².